The molecule has 0 unspecified atom stereocenters. The predicted octanol–water partition coefficient (Wildman–Crippen LogP) is 7.68. The molecule has 39 heavy (non-hydrogen) atoms. The molecule has 7 nitrogen and oxygen atoms in total. The minimum atomic E-state index is -2.07. The van der Waals surface area contributed by atoms with Gasteiger partial charge in [-0.25, -0.2) is 9.97 Å². The molecule has 0 N–H and O–H groups in total. The average molecular weight is 595 g/mol. The van der Waals surface area contributed by atoms with E-state index in [9.17, 15) is 9.59 Å². The van der Waals surface area contributed by atoms with Crippen molar-refractivity contribution < 1.29 is 18.8 Å². The predicted molar refractivity (Wildman–Crippen MR) is 159 cm³/mol. The van der Waals surface area contributed by atoms with Crippen LogP contribution >= 0.6 is 23.2 Å². The summed E-state index contributed by atoms with van der Waals surface area (Å²) in [4.78, 5) is 35.1. The van der Waals surface area contributed by atoms with E-state index in [1.807, 2.05) is 19.1 Å². The van der Waals surface area contributed by atoms with Crippen LogP contribution in [0.2, 0.25) is 28.4 Å². The van der Waals surface area contributed by atoms with E-state index in [0.29, 0.717) is 24.8 Å². The lowest BCUT2D eigenvalue weighted by Crippen LogP contribution is -2.47. The standard InChI is InChI=1S/C29H41Cl2N3O4Si/c1-19(38-39(6,7)29(2,3)4)17-34(28(36)25-26(30)32-18-33-27(25)31)23-14-12-22(13-15-23)21-10-8-20(9-11-21)16-24(35)37-5/h12-15,18-21H,8-11,16-17H2,1-7H3/t19-,20?,21?/m1/s1. The zero-order valence-electron chi connectivity index (χ0n) is 24.1. The van der Waals surface area contributed by atoms with Crippen molar-refractivity contribution in [1.82, 2.24) is 9.97 Å². The summed E-state index contributed by atoms with van der Waals surface area (Å²) in [6, 6.07) is 8.12. The second kappa shape index (κ2) is 13.1. The molecular formula is C29H41Cl2N3O4Si. The summed E-state index contributed by atoms with van der Waals surface area (Å²) in [6.45, 7) is 13.3. The van der Waals surface area contributed by atoms with Gasteiger partial charge in [-0.15, -0.1) is 0 Å². The van der Waals surface area contributed by atoms with Crippen LogP contribution in [0.3, 0.4) is 0 Å². The number of carbonyl (C=O) groups is 2. The number of hydrogen-bond acceptors (Lipinski definition) is 6. The molecule has 2 aromatic rings. The molecule has 1 heterocycles. The van der Waals surface area contributed by atoms with Gasteiger partial charge in [0.15, 0.2) is 8.32 Å². The molecule has 0 bridgehead atoms. The number of benzene rings is 1. The molecule has 1 aliphatic rings. The quantitative estimate of drug-likeness (QED) is 0.168. The molecule has 0 aliphatic heterocycles. The molecule has 0 radical (unpaired) electrons. The number of rotatable bonds is 9. The normalized spacial score (nSPS) is 18.9. The first-order chi connectivity index (χ1) is 18.2. The number of esters is 1. The maximum absolute atomic E-state index is 13.8. The van der Waals surface area contributed by atoms with Crippen molar-refractivity contribution >= 4 is 49.1 Å². The van der Waals surface area contributed by atoms with Gasteiger partial charge in [0.25, 0.3) is 5.91 Å². The molecule has 214 valence electrons. The van der Waals surface area contributed by atoms with Crippen LogP contribution in [0.25, 0.3) is 0 Å². The molecule has 1 amide bonds. The van der Waals surface area contributed by atoms with Crippen LogP contribution in [0.15, 0.2) is 30.6 Å². The summed E-state index contributed by atoms with van der Waals surface area (Å²) in [7, 11) is -0.625. The number of aromatic nitrogens is 2. The summed E-state index contributed by atoms with van der Waals surface area (Å²) < 4.78 is 11.4. The van der Waals surface area contributed by atoms with Crippen LogP contribution in [0.4, 0.5) is 5.69 Å². The summed E-state index contributed by atoms with van der Waals surface area (Å²) in [6.07, 6.45) is 5.55. The molecule has 1 aromatic carbocycles. The zero-order chi connectivity index (χ0) is 29.0. The first-order valence-electron chi connectivity index (χ1n) is 13.6. The number of nitrogens with zero attached hydrogens (tertiary/aromatic N) is 3. The number of anilines is 1. The third-order valence-electron chi connectivity index (χ3n) is 8.16. The third-order valence-corrected chi connectivity index (χ3v) is 13.3. The molecule has 1 saturated carbocycles. The monoisotopic (exact) mass is 593 g/mol. The van der Waals surface area contributed by atoms with Crippen molar-refractivity contribution in [2.45, 2.75) is 90.0 Å². The fourth-order valence-electron chi connectivity index (χ4n) is 4.88. The maximum Gasteiger partial charge on any atom is 0.305 e. The Morgan fingerprint density at radius 1 is 1.05 bits per heavy atom. The lowest BCUT2D eigenvalue weighted by molar-refractivity contribution is -0.142. The number of hydrogen-bond donors (Lipinski definition) is 0. The number of ether oxygens (including phenoxy) is 1. The Bertz CT molecular complexity index is 1130. The second-order valence-corrected chi connectivity index (χ2v) is 17.5. The highest BCUT2D eigenvalue weighted by atomic mass is 35.5. The van der Waals surface area contributed by atoms with E-state index in [4.69, 9.17) is 32.4 Å². The van der Waals surface area contributed by atoms with Crippen LogP contribution in [0, 0.1) is 5.92 Å². The second-order valence-electron chi connectivity index (χ2n) is 12.0. The molecule has 3 rings (SSSR count). The highest BCUT2D eigenvalue weighted by Crippen LogP contribution is 2.39. The minimum absolute atomic E-state index is 0.0169. The van der Waals surface area contributed by atoms with Gasteiger partial charge in [-0.05, 0) is 80.3 Å². The smallest absolute Gasteiger partial charge is 0.305 e. The first-order valence-corrected chi connectivity index (χ1v) is 17.2. The van der Waals surface area contributed by atoms with Crippen LogP contribution in [0.1, 0.15) is 81.6 Å². The molecule has 0 saturated heterocycles. The van der Waals surface area contributed by atoms with Gasteiger partial charge in [0.05, 0.1) is 19.8 Å². The summed E-state index contributed by atoms with van der Waals surface area (Å²) in [5, 5.41) is 0.0691. The van der Waals surface area contributed by atoms with Gasteiger partial charge in [0.2, 0.25) is 0 Å². The van der Waals surface area contributed by atoms with E-state index in [0.717, 1.165) is 31.4 Å². The number of halogens is 2. The van der Waals surface area contributed by atoms with Gasteiger partial charge in [0, 0.05) is 12.1 Å². The first kappa shape index (κ1) is 31.5. The Morgan fingerprint density at radius 3 is 2.13 bits per heavy atom. The van der Waals surface area contributed by atoms with Crippen molar-refractivity contribution in [3.63, 3.8) is 0 Å². The van der Waals surface area contributed by atoms with Gasteiger partial charge in [-0.2, -0.15) is 0 Å². The van der Waals surface area contributed by atoms with Gasteiger partial charge >= 0.3 is 5.97 Å². The van der Waals surface area contributed by atoms with E-state index >= 15 is 0 Å². The van der Waals surface area contributed by atoms with Crippen LogP contribution < -0.4 is 4.90 Å². The number of methoxy groups -OCH3 is 1. The SMILES string of the molecule is COC(=O)CC1CCC(c2ccc(N(C[C@@H](C)O[Si](C)(C)C(C)(C)C)C(=O)c3c(Cl)ncnc3Cl)cc2)CC1. The summed E-state index contributed by atoms with van der Waals surface area (Å²) >= 11 is 12.6. The zero-order valence-corrected chi connectivity index (χ0v) is 26.6. The van der Waals surface area contributed by atoms with E-state index in [1.165, 1.54) is 19.0 Å². The Morgan fingerprint density at radius 2 is 1.62 bits per heavy atom. The van der Waals surface area contributed by atoms with Gasteiger partial charge in [-0.1, -0.05) is 56.1 Å². The van der Waals surface area contributed by atoms with E-state index < -0.39 is 8.32 Å². The Balaban J connectivity index is 1.82. The minimum Gasteiger partial charge on any atom is -0.469 e. The largest absolute Gasteiger partial charge is 0.469 e. The van der Waals surface area contributed by atoms with Gasteiger partial charge in [-0.3, -0.25) is 9.59 Å². The summed E-state index contributed by atoms with van der Waals surface area (Å²) in [5.41, 5.74) is 2.03. The molecule has 1 aliphatic carbocycles. The maximum atomic E-state index is 13.8. The third kappa shape index (κ3) is 8.03. The lowest BCUT2D eigenvalue weighted by Gasteiger charge is -2.39. The highest BCUT2D eigenvalue weighted by molar-refractivity contribution is 6.74. The van der Waals surface area contributed by atoms with Crippen molar-refractivity contribution in [3.05, 3.63) is 52.0 Å². The van der Waals surface area contributed by atoms with E-state index in [1.54, 1.807) is 4.90 Å². The van der Waals surface area contributed by atoms with Crippen LogP contribution in [-0.2, 0) is 14.0 Å². The summed E-state index contributed by atoms with van der Waals surface area (Å²) in [5.74, 6) is 0.297. The Kier molecular flexibility index (Phi) is 10.6. The molecule has 1 aromatic heterocycles. The highest BCUT2D eigenvalue weighted by Gasteiger charge is 2.39. The van der Waals surface area contributed by atoms with E-state index in [-0.39, 0.29) is 38.9 Å². The topological polar surface area (TPSA) is 81.6 Å². The Labute approximate surface area is 243 Å². The molecule has 1 atom stereocenters. The van der Waals surface area contributed by atoms with Crippen molar-refractivity contribution in [2.24, 2.45) is 5.92 Å². The molecule has 0 spiro atoms. The fraction of sp³-hybridized carbons (Fsp3) is 0.586. The van der Waals surface area contributed by atoms with E-state index in [2.05, 4.69) is 56.0 Å². The lowest BCUT2D eigenvalue weighted by atomic mass is 9.77. The molecular weight excluding hydrogens is 553 g/mol. The molecule has 1 fully saturated rings. The number of amides is 1. The van der Waals surface area contributed by atoms with Crippen molar-refractivity contribution in [1.29, 1.82) is 0 Å². The van der Waals surface area contributed by atoms with Crippen LogP contribution in [-0.4, -0.2) is 49.9 Å². The Hall–Kier alpha value is -2.00. The number of carbonyl (C=O) groups excluding carboxylic acids is 2. The van der Waals surface area contributed by atoms with Gasteiger partial charge < -0.3 is 14.1 Å². The van der Waals surface area contributed by atoms with Crippen LogP contribution in [0.5, 0.6) is 0 Å². The average Bonchev–Trinajstić information content (AvgIpc) is 2.86. The fourth-order valence-corrected chi connectivity index (χ4v) is 6.79. The van der Waals surface area contributed by atoms with Crippen molar-refractivity contribution in [3.8, 4) is 0 Å². The van der Waals surface area contributed by atoms with Crippen molar-refractivity contribution in [2.75, 3.05) is 18.6 Å². The van der Waals surface area contributed by atoms with Gasteiger partial charge in [0.1, 0.15) is 22.2 Å². The molecule has 10 heteroatoms.